The summed E-state index contributed by atoms with van der Waals surface area (Å²) < 4.78 is 6.45. The van der Waals surface area contributed by atoms with Gasteiger partial charge in [-0.15, -0.1) is 0 Å². The number of phenols is 1. The van der Waals surface area contributed by atoms with E-state index in [0.717, 1.165) is 53.6 Å². The van der Waals surface area contributed by atoms with Crippen molar-refractivity contribution in [1.29, 1.82) is 0 Å². The molecule has 3 heterocycles. The minimum atomic E-state index is -0.824. The van der Waals surface area contributed by atoms with Crippen molar-refractivity contribution in [3.8, 4) is 5.75 Å². The van der Waals surface area contributed by atoms with Crippen LogP contribution in [0.25, 0.3) is 11.6 Å². The molecule has 44 heavy (non-hydrogen) atoms. The van der Waals surface area contributed by atoms with Gasteiger partial charge in [0.25, 0.3) is 0 Å². The number of rotatable bonds is 13. The number of aromatic nitrogens is 1. The number of likely N-dealkylation sites (tertiary alicyclic amines) is 1. The van der Waals surface area contributed by atoms with E-state index < -0.39 is 5.97 Å². The Morgan fingerprint density at radius 2 is 1.84 bits per heavy atom. The Morgan fingerprint density at radius 3 is 2.52 bits per heavy atom. The van der Waals surface area contributed by atoms with Crippen LogP contribution in [-0.4, -0.2) is 57.1 Å². The number of unbranched alkanes of at least 4 members (excludes halogenated alkanes) is 2. The van der Waals surface area contributed by atoms with Crippen LogP contribution in [0.1, 0.15) is 87.1 Å². The van der Waals surface area contributed by atoms with Crippen LogP contribution in [0.3, 0.4) is 0 Å². The third-order valence-electron chi connectivity index (χ3n) is 9.45. The highest BCUT2D eigenvalue weighted by Gasteiger charge is 2.56. The molecule has 2 aromatic rings. The van der Waals surface area contributed by atoms with Gasteiger partial charge in [0.1, 0.15) is 5.75 Å². The third-order valence-corrected chi connectivity index (χ3v) is 9.45. The minimum Gasteiger partial charge on any atom is -0.507 e. The fourth-order valence-corrected chi connectivity index (χ4v) is 7.41. The minimum absolute atomic E-state index is 0.0748. The van der Waals surface area contributed by atoms with E-state index in [-0.39, 0.29) is 42.1 Å². The van der Waals surface area contributed by atoms with Gasteiger partial charge in [0.2, 0.25) is 11.8 Å². The Morgan fingerprint density at radius 1 is 1.07 bits per heavy atom. The Kier molecular flexibility index (Phi) is 9.99. The summed E-state index contributed by atoms with van der Waals surface area (Å²) in [6.07, 6.45) is 9.68. The molecule has 0 saturated carbocycles. The number of allylic oxidation sites excluding steroid dienone is 2. The number of hydrogen-bond donors (Lipinski definition) is 2. The van der Waals surface area contributed by atoms with Gasteiger partial charge in [0, 0.05) is 25.1 Å². The quantitative estimate of drug-likeness (QED) is 0.153. The number of ether oxygens (including phenoxy) is 1. The molecule has 0 radical (unpaired) electrons. The molecule has 2 aliphatic heterocycles. The molecule has 0 bridgehead atoms. The van der Waals surface area contributed by atoms with Gasteiger partial charge in [-0.25, -0.2) is 0 Å². The molecule has 3 aliphatic rings. The zero-order valence-electron chi connectivity index (χ0n) is 26.1. The SMILES string of the molecule is CCCC1=C2[C@@H](CC/C(=C/c3cc(C)c(O)c(C)c3)c3ccccn3)OC[C@@H]2[C@@H]2C(=O)N(CCCCCC(=O)O)C(=O)[C@@H]2C1. The van der Waals surface area contributed by atoms with Crippen molar-refractivity contribution in [3.63, 3.8) is 0 Å². The van der Waals surface area contributed by atoms with Gasteiger partial charge in [-0.2, -0.15) is 0 Å². The highest BCUT2D eigenvalue weighted by atomic mass is 16.5. The van der Waals surface area contributed by atoms with E-state index in [4.69, 9.17) is 9.84 Å². The highest BCUT2D eigenvalue weighted by molar-refractivity contribution is 6.06. The molecular weight excluding hydrogens is 556 g/mol. The van der Waals surface area contributed by atoms with E-state index in [1.54, 1.807) is 6.20 Å². The van der Waals surface area contributed by atoms with Crippen LogP contribution < -0.4 is 0 Å². The second-order valence-electron chi connectivity index (χ2n) is 12.5. The largest absolute Gasteiger partial charge is 0.507 e. The standard InChI is InChI=1S/C36H44N2O6/c1-4-10-26-20-27-33(36(43)38(35(27)42)16-9-5-6-12-31(39)40)28-21-44-30(32(26)28)14-13-25(29-11-7-8-15-37-29)19-24-17-22(2)34(41)23(3)18-24/h7-8,11,15,17-19,27-28,30,33,41H,4-6,9-10,12-14,16,20-21H2,1-3H3,(H,39,40)/b25-19-/t27-,28+,30-,33-/m1/s1. The number of aryl methyl sites for hydroxylation is 2. The molecule has 8 heteroatoms. The van der Waals surface area contributed by atoms with Crippen LogP contribution in [0.4, 0.5) is 0 Å². The molecule has 1 aliphatic carbocycles. The lowest BCUT2D eigenvalue weighted by atomic mass is 9.68. The third kappa shape index (κ3) is 6.65. The summed E-state index contributed by atoms with van der Waals surface area (Å²) in [5.41, 5.74) is 7.15. The summed E-state index contributed by atoms with van der Waals surface area (Å²) >= 11 is 0. The number of aromatic hydroxyl groups is 1. The van der Waals surface area contributed by atoms with E-state index >= 15 is 0 Å². The van der Waals surface area contributed by atoms with E-state index in [0.29, 0.717) is 44.6 Å². The lowest BCUT2D eigenvalue weighted by Gasteiger charge is -2.32. The van der Waals surface area contributed by atoms with Crippen LogP contribution in [0, 0.1) is 31.6 Å². The van der Waals surface area contributed by atoms with Gasteiger partial charge in [-0.05, 0) is 111 Å². The normalized spacial score (nSPS) is 23.3. The van der Waals surface area contributed by atoms with E-state index in [1.807, 2.05) is 44.2 Å². The Bertz CT molecular complexity index is 1440. The summed E-state index contributed by atoms with van der Waals surface area (Å²) in [6.45, 7) is 6.75. The van der Waals surface area contributed by atoms with Gasteiger partial charge >= 0.3 is 5.97 Å². The van der Waals surface area contributed by atoms with Crippen LogP contribution in [0.2, 0.25) is 0 Å². The monoisotopic (exact) mass is 600 g/mol. The molecular formula is C36H44N2O6. The number of amides is 2. The number of fused-ring (bicyclic) bond motifs is 3. The number of aliphatic carboxylic acids is 1. The molecule has 4 atom stereocenters. The molecule has 1 aromatic heterocycles. The second kappa shape index (κ2) is 13.9. The number of carbonyl (C=O) groups is 3. The second-order valence-corrected chi connectivity index (χ2v) is 12.5. The maximum atomic E-state index is 13.7. The smallest absolute Gasteiger partial charge is 0.303 e. The Balaban J connectivity index is 1.35. The van der Waals surface area contributed by atoms with Crippen LogP contribution in [0.5, 0.6) is 5.75 Å². The molecule has 2 N–H and O–H groups in total. The first-order chi connectivity index (χ1) is 21.2. The number of phenolic OH excluding ortho intramolecular Hbond substituents is 1. The van der Waals surface area contributed by atoms with E-state index in [2.05, 4.69) is 18.0 Å². The summed E-state index contributed by atoms with van der Waals surface area (Å²) in [4.78, 5) is 44.1. The number of nitrogens with zero attached hydrogens (tertiary/aromatic N) is 2. The highest BCUT2D eigenvalue weighted by Crippen LogP contribution is 2.51. The zero-order chi connectivity index (χ0) is 31.4. The van der Waals surface area contributed by atoms with Gasteiger partial charge in [-0.3, -0.25) is 24.3 Å². The van der Waals surface area contributed by atoms with Crippen LogP contribution >= 0.6 is 0 Å². The van der Waals surface area contributed by atoms with E-state index in [9.17, 15) is 19.5 Å². The number of carbonyl (C=O) groups excluding carboxylic acids is 2. The van der Waals surface area contributed by atoms with Gasteiger partial charge in [0.05, 0.1) is 30.2 Å². The Hall–Kier alpha value is -3.78. The van der Waals surface area contributed by atoms with Crippen molar-refractivity contribution >= 4 is 29.4 Å². The average Bonchev–Trinajstić information content (AvgIpc) is 3.53. The van der Waals surface area contributed by atoms with Gasteiger partial charge < -0.3 is 14.9 Å². The first-order valence-electron chi connectivity index (χ1n) is 16.0. The number of hydrogen-bond acceptors (Lipinski definition) is 6. The van der Waals surface area contributed by atoms with Crippen molar-refractivity contribution < 1.29 is 29.3 Å². The fourth-order valence-electron chi connectivity index (χ4n) is 7.41. The average molecular weight is 601 g/mol. The molecule has 0 unspecified atom stereocenters. The predicted molar refractivity (Wildman–Crippen MR) is 169 cm³/mol. The molecule has 2 amide bonds. The summed E-state index contributed by atoms with van der Waals surface area (Å²) in [5.74, 6) is -1.47. The fraction of sp³-hybridized carbons (Fsp3) is 0.500. The lowest BCUT2D eigenvalue weighted by Crippen LogP contribution is -2.34. The maximum Gasteiger partial charge on any atom is 0.303 e. The lowest BCUT2D eigenvalue weighted by molar-refractivity contribution is -0.141. The number of carboxylic acids is 1. The van der Waals surface area contributed by atoms with Gasteiger partial charge in [0.15, 0.2) is 0 Å². The molecule has 2 fully saturated rings. The molecule has 2 saturated heterocycles. The topological polar surface area (TPSA) is 117 Å². The maximum absolute atomic E-state index is 13.7. The van der Waals surface area contributed by atoms with Crippen LogP contribution in [0.15, 0.2) is 47.7 Å². The molecule has 8 nitrogen and oxygen atoms in total. The molecule has 1 aromatic carbocycles. The van der Waals surface area contributed by atoms with Crippen molar-refractivity contribution in [2.24, 2.45) is 17.8 Å². The first-order valence-corrected chi connectivity index (χ1v) is 16.0. The summed E-state index contributed by atoms with van der Waals surface area (Å²) in [6, 6.07) is 9.86. The molecule has 5 rings (SSSR count). The number of pyridine rings is 1. The number of imide groups is 1. The molecule has 0 spiro atoms. The van der Waals surface area contributed by atoms with Crippen molar-refractivity contribution in [2.75, 3.05) is 13.2 Å². The van der Waals surface area contributed by atoms with Crippen molar-refractivity contribution in [2.45, 2.75) is 84.7 Å². The molecule has 234 valence electrons. The van der Waals surface area contributed by atoms with Gasteiger partial charge in [-0.1, -0.05) is 31.4 Å². The van der Waals surface area contributed by atoms with E-state index in [1.165, 1.54) is 16.0 Å². The van der Waals surface area contributed by atoms with Crippen molar-refractivity contribution in [3.05, 3.63) is 70.1 Å². The predicted octanol–water partition coefficient (Wildman–Crippen LogP) is 6.49. The first kappa shape index (κ1) is 31.6. The van der Waals surface area contributed by atoms with Crippen molar-refractivity contribution in [1.82, 2.24) is 9.88 Å². The summed E-state index contributed by atoms with van der Waals surface area (Å²) in [5, 5.41) is 19.2. The number of benzene rings is 1. The summed E-state index contributed by atoms with van der Waals surface area (Å²) in [7, 11) is 0. The zero-order valence-corrected chi connectivity index (χ0v) is 26.1. The number of carboxylic acid groups (broad SMARTS) is 1. The van der Waals surface area contributed by atoms with Crippen LogP contribution in [-0.2, 0) is 19.1 Å². The Labute approximate surface area is 259 Å².